The van der Waals surface area contributed by atoms with Crippen LogP contribution in [0.4, 0.5) is 13.2 Å². The molecule has 1 saturated heterocycles. The number of nitrogens with one attached hydrogen (secondary N) is 1. The highest BCUT2D eigenvalue weighted by atomic mass is 19.3. The number of hydrogen-bond acceptors (Lipinski definition) is 1. The summed E-state index contributed by atoms with van der Waals surface area (Å²) in [5.41, 5.74) is -2.43. The zero-order valence-corrected chi connectivity index (χ0v) is 8.38. The number of rotatable bonds is 2. The lowest BCUT2D eigenvalue weighted by molar-refractivity contribution is 0.0195. The standard InChI is InChI=1S/C10H16F3N/c1-8(7-10(8,12)13)6-9(11)2-4-14-5-3-9/h14H,2-7H2,1H3. The SMILES string of the molecule is CC1(CC2(F)CCNCC2)CC1(F)F. The van der Waals surface area contributed by atoms with Crippen molar-refractivity contribution in [2.24, 2.45) is 5.41 Å². The van der Waals surface area contributed by atoms with Crippen LogP contribution in [0.3, 0.4) is 0 Å². The van der Waals surface area contributed by atoms with Gasteiger partial charge in [0.2, 0.25) is 0 Å². The average molecular weight is 207 g/mol. The average Bonchev–Trinajstić information content (AvgIpc) is 2.49. The van der Waals surface area contributed by atoms with E-state index < -0.39 is 17.0 Å². The molecule has 0 aromatic heterocycles. The monoisotopic (exact) mass is 207 g/mol. The molecule has 0 bridgehead atoms. The second kappa shape index (κ2) is 2.87. The van der Waals surface area contributed by atoms with Gasteiger partial charge in [-0.25, -0.2) is 13.2 Å². The molecule has 82 valence electrons. The number of hydrogen-bond donors (Lipinski definition) is 1. The molecular formula is C10H16F3N. The maximum atomic E-state index is 14.1. The van der Waals surface area contributed by atoms with Crippen molar-refractivity contribution in [1.29, 1.82) is 0 Å². The van der Waals surface area contributed by atoms with Gasteiger partial charge in [0.25, 0.3) is 5.92 Å². The minimum atomic E-state index is -2.63. The molecule has 1 atom stereocenters. The molecule has 2 rings (SSSR count). The van der Waals surface area contributed by atoms with Gasteiger partial charge in [-0.3, -0.25) is 0 Å². The summed E-state index contributed by atoms with van der Waals surface area (Å²) in [6, 6.07) is 0. The molecule has 0 amide bonds. The van der Waals surface area contributed by atoms with Crippen molar-refractivity contribution >= 4 is 0 Å². The quantitative estimate of drug-likeness (QED) is 0.733. The molecule has 1 N–H and O–H groups in total. The molecule has 1 saturated carbocycles. The third-order valence-corrected chi connectivity index (χ3v) is 3.58. The summed E-state index contributed by atoms with van der Waals surface area (Å²) < 4.78 is 39.9. The van der Waals surface area contributed by atoms with E-state index in [-0.39, 0.29) is 12.8 Å². The van der Waals surface area contributed by atoms with Crippen LogP contribution in [0.2, 0.25) is 0 Å². The third-order valence-electron chi connectivity index (χ3n) is 3.58. The molecule has 2 aliphatic rings. The van der Waals surface area contributed by atoms with Crippen LogP contribution in [-0.4, -0.2) is 24.7 Å². The fourth-order valence-corrected chi connectivity index (χ4v) is 2.39. The fourth-order valence-electron chi connectivity index (χ4n) is 2.39. The van der Waals surface area contributed by atoms with Crippen molar-refractivity contribution in [3.63, 3.8) is 0 Å². The van der Waals surface area contributed by atoms with Crippen molar-refractivity contribution in [2.75, 3.05) is 13.1 Å². The van der Waals surface area contributed by atoms with Crippen molar-refractivity contribution in [3.05, 3.63) is 0 Å². The van der Waals surface area contributed by atoms with Crippen LogP contribution >= 0.6 is 0 Å². The van der Waals surface area contributed by atoms with Crippen molar-refractivity contribution in [1.82, 2.24) is 5.32 Å². The molecule has 0 radical (unpaired) electrons. The van der Waals surface area contributed by atoms with Gasteiger partial charge < -0.3 is 5.32 Å². The summed E-state index contributed by atoms with van der Waals surface area (Å²) in [6.45, 7) is 2.71. The zero-order valence-electron chi connectivity index (χ0n) is 8.38. The van der Waals surface area contributed by atoms with Crippen LogP contribution in [0.15, 0.2) is 0 Å². The Morgan fingerprint density at radius 2 is 1.64 bits per heavy atom. The molecule has 1 aliphatic carbocycles. The third kappa shape index (κ3) is 1.64. The van der Waals surface area contributed by atoms with E-state index in [9.17, 15) is 13.2 Å². The lowest BCUT2D eigenvalue weighted by Crippen LogP contribution is -2.40. The number of piperidine rings is 1. The fraction of sp³-hybridized carbons (Fsp3) is 1.00. The second-order valence-electron chi connectivity index (χ2n) is 5.02. The van der Waals surface area contributed by atoms with E-state index in [1.54, 1.807) is 0 Å². The maximum Gasteiger partial charge on any atom is 0.254 e. The predicted molar refractivity (Wildman–Crippen MR) is 48.2 cm³/mol. The van der Waals surface area contributed by atoms with Gasteiger partial charge in [0.1, 0.15) is 5.67 Å². The summed E-state index contributed by atoms with van der Waals surface area (Å²) in [5.74, 6) is -2.63. The molecule has 2 fully saturated rings. The minimum absolute atomic E-state index is 0.0225. The van der Waals surface area contributed by atoms with Gasteiger partial charge in [0.05, 0.1) is 0 Å². The van der Waals surface area contributed by atoms with Crippen LogP contribution in [0.25, 0.3) is 0 Å². The van der Waals surface area contributed by atoms with Crippen molar-refractivity contribution < 1.29 is 13.2 Å². The largest absolute Gasteiger partial charge is 0.316 e. The van der Waals surface area contributed by atoms with E-state index in [2.05, 4.69) is 5.32 Å². The Hall–Kier alpha value is -0.250. The van der Waals surface area contributed by atoms with E-state index in [1.807, 2.05) is 0 Å². The van der Waals surface area contributed by atoms with Gasteiger partial charge in [-0.15, -0.1) is 0 Å². The molecule has 1 heterocycles. The molecule has 14 heavy (non-hydrogen) atoms. The van der Waals surface area contributed by atoms with E-state index >= 15 is 0 Å². The molecule has 1 nitrogen and oxygen atoms in total. The Kier molecular flexibility index (Phi) is 2.11. The van der Waals surface area contributed by atoms with E-state index in [1.165, 1.54) is 6.92 Å². The Labute approximate surface area is 82.1 Å². The van der Waals surface area contributed by atoms with Gasteiger partial charge in [-0.1, -0.05) is 6.92 Å². The van der Waals surface area contributed by atoms with Crippen molar-refractivity contribution in [2.45, 2.75) is 44.2 Å². The Morgan fingerprint density at radius 1 is 1.14 bits per heavy atom. The summed E-state index contributed by atoms with van der Waals surface area (Å²) in [5, 5.41) is 3.04. The first-order valence-electron chi connectivity index (χ1n) is 5.15. The van der Waals surface area contributed by atoms with Gasteiger partial charge in [0.15, 0.2) is 0 Å². The molecule has 0 aromatic carbocycles. The molecular weight excluding hydrogens is 191 g/mol. The summed E-state index contributed by atoms with van der Waals surface area (Å²) >= 11 is 0. The van der Waals surface area contributed by atoms with Gasteiger partial charge >= 0.3 is 0 Å². The lowest BCUT2D eigenvalue weighted by Gasteiger charge is -2.32. The normalized spacial score (nSPS) is 39.4. The molecule has 1 aliphatic heterocycles. The van der Waals surface area contributed by atoms with E-state index in [4.69, 9.17) is 0 Å². The van der Waals surface area contributed by atoms with E-state index in [0.717, 1.165) is 0 Å². The van der Waals surface area contributed by atoms with Gasteiger partial charge in [-0.2, -0.15) is 0 Å². The highest BCUT2D eigenvalue weighted by molar-refractivity contribution is 5.10. The molecule has 4 heteroatoms. The Morgan fingerprint density at radius 3 is 2.07 bits per heavy atom. The van der Waals surface area contributed by atoms with Gasteiger partial charge in [0, 0.05) is 11.8 Å². The van der Waals surface area contributed by atoms with Crippen LogP contribution in [0, 0.1) is 5.41 Å². The van der Waals surface area contributed by atoms with Crippen LogP contribution in [0.5, 0.6) is 0 Å². The first-order valence-corrected chi connectivity index (χ1v) is 5.15. The molecule has 0 spiro atoms. The Balaban J connectivity index is 1.97. The number of alkyl halides is 3. The van der Waals surface area contributed by atoms with Crippen LogP contribution < -0.4 is 5.32 Å². The predicted octanol–water partition coefficient (Wildman–Crippen LogP) is 2.51. The lowest BCUT2D eigenvalue weighted by atomic mass is 9.84. The smallest absolute Gasteiger partial charge is 0.254 e. The Bertz CT molecular complexity index is 236. The van der Waals surface area contributed by atoms with Crippen LogP contribution in [-0.2, 0) is 0 Å². The summed E-state index contributed by atoms with van der Waals surface area (Å²) in [7, 11) is 0. The first kappa shape index (κ1) is 10.3. The van der Waals surface area contributed by atoms with Crippen molar-refractivity contribution in [3.8, 4) is 0 Å². The minimum Gasteiger partial charge on any atom is -0.316 e. The second-order valence-corrected chi connectivity index (χ2v) is 5.02. The highest BCUT2D eigenvalue weighted by Gasteiger charge is 2.69. The highest BCUT2D eigenvalue weighted by Crippen LogP contribution is 2.64. The van der Waals surface area contributed by atoms with E-state index in [0.29, 0.717) is 25.9 Å². The van der Waals surface area contributed by atoms with Gasteiger partial charge in [-0.05, 0) is 32.4 Å². The molecule has 1 unspecified atom stereocenters. The maximum absolute atomic E-state index is 14.1. The molecule has 0 aromatic rings. The number of halogens is 3. The zero-order chi connectivity index (χ0) is 10.4. The summed E-state index contributed by atoms with van der Waals surface area (Å²) in [4.78, 5) is 0. The first-order chi connectivity index (χ1) is 6.37. The summed E-state index contributed by atoms with van der Waals surface area (Å²) in [6.07, 6.45) is 0.630. The topological polar surface area (TPSA) is 12.0 Å². The van der Waals surface area contributed by atoms with Crippen LogP contribution in [0.1, 0.15) is 32.6 Å².